The van der Waals surface area contributed by atoms with E-state index in [0.717, 1.165) is 23.3 Å². The van der Waals surface area contributed by atoms with Crippen molar-refractivity contribution in [2.24, 2.45) is 0 Å². The number of phenols is 1. The molecule has 0 bridgehead atoms. The first-order valence-corrected chi connectivity index (χ1v) is 7.86. The van der Waals surface area contributed by atoms with Crippen LogP contribution in [-0.4, -0.2) is 17.2 Å². The minimum absolute atomic E-state index is 0.0992. The normalized spacial score (nSPS) is 11.9. The van der Waals surface area contributed by atoms with Crippen molar-refractivity contribution in [2.75, 3.05) is 0 Å². The average molecular weight is 304 g/mol. The summed E-state index contributed by atoms with van der Waals surface area (Å²) in [6.45, 7) is 2.55. The first-order chi connectivity index (χ1) is 10.1. The highest BCUT2D eigenvalue weighted by Gasteiger charge is 2.07. The number of thiophene rings is 1. The van der Waals surface area contributed by atoms with Gasteiger partial charge in [-0.3, -0.25) is 0 Å². The van der Waals surface area contributed by atoms with Crippen LogP contribution in [0.25, 0.3) is 0 Å². The molecule has 1 aromatic carbocycles. The molecule has 0 fully saturated rings. The van der Waals surface area contributed by atoms with E-state index in [-0.39, 0.29) is 17.8 Å². The van der Waals surface area contributed by atoms with Crippen molar-refractivity contribution in [1.29, 1.82) is 0 Å². The number of carbonyl (C=O) groups excluding carboxylic acids is 1. The van der Waals surface area contributed by atoms with Crippen LogP contribution in [0.5, 0.6) is 5.75 Å². The largest absolute Gasteiger partial charge is 0.508 e. The third-order valence-electron chi connectivity index (χ3n) is 3.18. The summed E-state index contributed by atoms with van der Waals surface area (Å²) in [5.41, 5.74) is 1.15. The molecular formula is C16H20N2O2S. The predicted octanol–water partition coefficient (Wildman–Crippen LogP) is 3.27. The van der Waals surface area contributed by atoms with Crippen LogP contribution in [0.1, 0.15) is 23.8 Å². The molecule has 1 heterocycles. The van der Waals surface area contributed by atoms with Crippen LogP contribution in [0.15, 0.2) is 41.8 Å². The second-order valence-electron chi connectivity index (χ2n) is 5.01. The number of phenolic OH excluding ortho intramolecular Hbond substituents is 1. The molecule has 0 saturated carbocycles. The first kappa shape index (κ1) is 15.4. The summed E-state index contributed by atoms with van der Waals surface area (Å²) in [7, 11) is 0. The summed E-state index contributed by atoms with van der Waals surface area (Å²) in [6.07, 6.45) is 1.73. The Bertz CT molecular complexity index is 552. The van der Waals surface area contributed by atoms with Gasteiger partial charge in [0.25, 0.3) is 0 Å². The lowest BCUT2D eigenvalue weighted by atomic mass is 10.1. The quantitative estimate of drug-likeness (QED) is 0.767. The molecule has 112 valence electrons. The summed E-state index contributed by atoms with van der Waals surface area (Å²) in [5.74, 6) is 0.276. The minimum atomic E-state index is -0.137. The number of aryl methyl sites for hydroxylation is 1. The molecule has 0 spiro atoms. The Morgan fingerprint density at radius 3 is 2.71 bits per heavy atom. The molecule has 2 rings (SSSR count). The Kier molecular flexibility index (Phi) is 5.63. The highest BCUT2D eigenvalue weighted by atomic mass is 32.1. The maximum atomic E-state index is 11.8. The molecule has 0 aliphatic heterocycles. The number of aromatic hydroxyl groups is 1. The average Bonchev–Trinajstić information content (AvgIpc) is 2.98. The number of amides is 2. The first-order valence-electron chi connectivity index (χ1n) is 6.98. The molecule has 21 heavy (non-hydrogen) atoms. The van der Waals surface area contributed by atoms with Crippen LogP contribution >= 0.6 is 11.3 Å². The molecular weight excluding hydrogens is 284 g/mol. The second kappa shape index (κ2) is 7.69. The fraction of sp³-hybridized carbons (Fsp3) is 0.312. The molecule has 3 N–H and O–H groups in total. The fourth-order valence-corrected chi connectivity index (χ4v) is 2.62. The van der Waals surface area contributed by atoms with Gasteiger partial charge in [-0.25, -0.2) is 4.79 Å². The van der Waals surface area contributed by atoms with Gasteiger partial charge in [0.1, 0.15) is 5.75 Å². The number of benzene rings is 1. The summed E-state index contributed by atoms with van der Waals surface area (Å²) in [4.78, 5) is 12.9. The van der Waals surface area contributed by atoms with E-state index >= 15 is 0 Å². The van der Waals surface area contributed by atoms with Gasteiger partial charge >= 0.3 is 6.03 Å². The third kappa shape index (κ3) is 5.47. The molecule has 4 nitrogen and oxygen atoms in total. The molecule has 0 saturated heterocycles. The van der Waals surface area contributed by atoms with Crippen molar-refractivity contribution in [3.8, 4) is 5.75 Å². The maximum absolute atomic E-state index is 11.8. The van der Waals surface area contributed by atoms with Crippen LogP contribution in [0, 0.1) is 0 Å². The molecule has 1 unspecified atom stereocenters. The number of rotatable bonds is 6. The summed E-state index contributed by atoms with van der Waals surface area (Å²) in [5, 5.41) is 17.0. The van der Waals surface area contributed by atoms with E-state index in [1.807, 2.05) is 36.6 Å². The van der Waals surface area contributed by atoms with Gasteiger partial charge in [0.2, 0.25) is 0 Å². The van der Waals surface area contributed by atoms with Crippen molar-refractivity contribution in [2.45, 2.75) is 32.4 Å². The van der Waals surface area contributed by atoms with Crippen molar-refractivity contribution in [1.82, 2.24) is 10.6 Å². The van der Waals surface area contributed by atoms with Gasteiger partial charge in [-0.2, -0.15) is 0 Å². The Labute approximate surface area is 128 Å². The number of hydrogen-bond donors (Lipinski definition) is 3. The number of hydrogen-bond acceptors (Lipinski definition) is 3. The smallest absolute Gasteiger partial charge is 0.315 e. The lowest BCUT2D eigenvalue weighted by molar-refractivity contribution is 0.237. The molecule has 0 aliphatic rings. The molecule has 0 aliphatic carbocycles. The zero-order valence-corrected chi connectivity index (χ0v) is 12.8. The van der Waals surface area contributed by atoms with Gasteiger partial charge < -0.3 is 15.7 Å². The zero-order chi connectivity index (χ0) is 15.1. The van der Waals surface area contributed by atoms with Gasteiger partial charge in [-0.15, -0.1) is 11.3 Å². The van der Waals surface area contributed by atoms with E-state index < -0.39 is 0 Å². The molecule has 2 aromatic rings. The van der Waals surface area contributed by atoms with E-state index in [1.54, 1.807) is 23.5 Å². The van der Waals surface area contributed by atoms with Crippen LogP contribution in [0.4, 0.5) is 4.79 Å². The SMILES string of the molecule is CC(CCc1ccc(O)cc1)NC(=O)NCc1cccs1. The number of urea groups is 1. The van der Waals surface area contributed by atoms with Crippen LogP contribution in [-0.2, 0) is 13.0 Å². The summed E-state index contributed by atoms with van der Waals surface area (Å²) >= 11 is 1.63. The second-order valence-corrected chi connectivity index (χ2v) is 6.04. The molecule has 2 amide bonds. The van der Waals surface area contributed by atoms with E-state index in [4.69, 9.17) is 0 Å². The Morgan fingerprint density at radius 1 is 1.29 bits per heavy atom. The fourth-order valence-electron chi connectivity index (χ4n) is 1.97. The monoisotopic (exact) mass is 304 g/mol. The van der Waals surface area contributed by atoms with Crippen LogP contribution < -0.4 is 10.6 Å². The van der Waals surface area contributed by atoms with Crippen molar-refractivity contribution >= 4 is 17.4 Å². The van der Waals surface area contributed by atoms with Crippen LogP contribution in [0.2, 0.25) is 0 Å². The maximum Gasteiger partial charge on any atom is 0.315 e. The van der Waals surface area contributed by atoms with Gasteiger partial charge in [0.15, 0.2) is 0 Å². The van der Waals surface area contributed by atoms with Gasteiger partial charge in [-0.05, 0) is 48.9 Å². The van der Waals surface area contributed by atoms with Gasteiger partial charge in [0.05, 0.1) is 6.54 Å². The Morgan fingerprint density at radius 2 is 2.05 bits per heavy atom. The lowest BCUT2D eigenvalue weighted by Crippen LogP contribution is -2.40. The molecule has 5 heteroatoms. The van der Waals surface area contributed by atoms with Crippen molar-refractivity contribution in [3.63, 3.8) is 0 Å². The summed E-state index contributed by atoms with van der Waals surface area (Å²) in [6, 6.07) is 11.1. The zero-order valence-electron chi connectivity index (χ0n) is 12.0. The predicted molar refractivity (Wildman–Crippen MR) is 85.6 cm³/mol. The third-order valence-corrected chi connectivity index (χ3v) is 4.06. The Balaban J connectivity index is 1.67. The van der Waals surface area contributed by atoms with E-state index in [9.17, 15) is 9.90 Å². The van der Waals surface area contributed by atoms with E-state index in [1.165, 1.54) is 0 Å². The highest BCUT2D eigenvalue weighted by Crippen LogP contribution is 2.12. The van der Waals surface area contributed by atoms with Crippen LogP contribution in [0.3, 0.4) is 0 Å². The molecule has 1 atom stereocenters. The summed E-state index contributed by atoms with van der Waals surface area (Å²) < 4.78 is 0. The van der Waals surface area contributed by atoms with Crippen molar-refractivity contribution in [3.05, 3.63) is 52.2 Å². The van der Waals surface area contributed by atoms with E-state index in [2.05, 4.69) is 10.6 Å². The minimum Gasteiger partial charge on any atom is -0.508 e. The van der Waals surface area contributed by atoms with Gasteiger partial charge in [0, 0.05) is 10.9 Å². The lowest BCUT2D eigenvalue weighted by Gasteiger charge is -2.14. The van der Waals surface area contributed by atoms with E-state index in [0.29, 0.717) is 6.54 Å². The number of carbonyl (C=O) groups is 1. The topological polar surface area (TPSA) is 61.4 Å². The standard InChI is InChI=1S/C16H20N2O2S/c1-12(4-5-13-6-8-14(19)9-7-13)18-16(20)17-11-15-3-2-10-21-15/h2-3,6-10,12,19H,4-5,11H2,1H3,(H2,17,18,20). The number of nitrogens with one attached hydrogen (secondary N) is 2. The van der Waals surface area contributed by atoms with Gasteiger partial charge in [-0.1, -0.05) is 18.2 Å². The highest BCUT2D eigenvalue weighted by molar-refractivity contribution is 7.09. The van der Waals surface area contributed by atoms with Crippen molar-refractivity contribution < 1.29 is 9.90 Å². The molecule has 0 radical (unpaired) electrons. The molecule has 1 aromatic heterocycles. The Hall–Kier alpha value is -2.01.